The lowest BCUT2D eigenvalue weighted by atomic mass is 9.96. The number of thiocarbonyl (C=S) groups is 1. The summed E-state index contributed by atoms with van der Waals surface area (Å²) in [5.74, 6) is -0.507. The number of aromatic nitrogens is 2. The first-order chi connectivity index (χ1) is 18.3. The summed E-state index contributed by atoms with van der Waals surface area (Å²) >= 11 is 5.79. The monoisotopic (exact) mass is 527 g/mol. The second-order valence-electron chi connectivity index (χ2n) is 9.62. The minimum Gasteiger partial charge on any atom is -0.352 e. The summed E-state index contributed by atoms with van der Waals surface area (Å²) in [7, 11) is 0. The molecule has 2 atom stereocenters. The van der Waals surface area contributed by atoms with Gasteiger partial charge in [0.2, 0.25) is 5.91 Å². The summed E-state index contributed by atoms with van der Waals surface area (Å²) in [5, 5.41) is 6.89. The van der Waals surface area contributed by atoms with Gasteiger partial charge in [-0.3, -0.25) is 9.78 Å². The molecule has 6 nitrogen and oxygen atoms in total. The first-order valence-electron chi connectivity index (χ1n) is 12.6. The molecule has 0 radical (unpaired) electrons. The Kier molecular flexibility index (Phi) is 7.24. The number of benzene rings is 2. The van der Waals surface area contributed by atoms with Crippen molar-refractivity contribution in [1.29, 1.82) is 0 Å². The number of amides is 1. The molecule has 1 aliphatic heterocycles. The highest BCUT2D eigenvalue weighted by Crippen LogP contribution is 2.41. The molecule has 0 bridgehead atoms. The number of aryl methyl sites for hydroxylation is 2. The van der Waals surface area contributed by atoms with Gasteiger partial charge in [0.05, 0.1) is 17.8 Å². The number of nitrogens with one attached hydrogen (secondary N) is 2. The predicted octanol–water partition coefficient (Wildman–Crippen LogP) is 5.94. The summed E-state index contributed by atoms with van der Waals surface area (Å²) in [6.07, 6.45) is 2.01. The van der Waals surface area contributed by atoms with Gasteiger partial charge in [0.15, 0.2) is 5.11 Å². The molecule has 0 aliphatic carbocycles. The van der Waals surface area contributed by atoms with Crippen LogP contribution in [0.4, 0.5) is 10.1 Å². The zero-order chi connectivity index (χ0) is 26.8. The molecule has 1 amide bonds. The molecule has 1 saturated heterocycles. The van der Waals surface area contributed by atoms with E-state index < -0.39 is 0 Å². The van der Waals surface area contributed by atoms with Crippen LogP contribution in [0.3, 0.4) is 0 Å². The van der Waals surface area contributed by atoms with E-state index in [9.17, 15) is 9.18 Å². The van der Waals surface area contributed by atoms with E-state index in [0.717, 1.165) is 28.3 Å². The van der Waals surface area contributed by atoms with Crippen LogP contribution in [0.15, 0.2) is 79.0 Å². The van der Waals surface area contributed by atoms with Gasteiger partial charge in [-0.1, -0.05) is 23.8 Å². The van der Waals surface area contributed by atoms with Crippen molar-refractivity contribution in [3.8, 4) is 5.69 Å². The summed E-state index contributed by atoms with van der Waals surface area (Å²) in [6.45, 7) is 6.73. The maximum atomic E-state index is 13.2. The first-order valence-corrected chi connectivity index (χ1v) is 13.0. The van der Waals surface area contributed by atoms with Crippen LogP contribution in [-0.2, 0) is 4.79 Å². The molecule has 3 heterocycles. The minimum atomic E-state index is -0.344. The van der Waals surface area contributed by atoms with E-state index in [4.69, 9.17) is 12.2 Å². The van der Waals surface area contributed by atoms with Crippen LogP contribution in [0, 0.1) is 26.6 Å². The second-order valence-corrected chi connectivity index (χ2v) is 10.0. The van der Waals surface area contributed by atoms with Crippen LogP contribution in [-0.4, -0.2) is 32.0 Å². The molecule has 0 saturated carbocycles. The summed E-state index contributed by atoms with van der Waals surface area (Å²) in [5.41, 5.74) is 7.12. The normalized spacial score (nSPS) is 16.9. The molecule has 2 N–H and O–H groups in total. The highest BCUT2D eigenvalue weighted by molar-refractivity contribution is 7.80. The van der Waals surface area contributed by atoms with E-state index in [-0.39, 0.29) is 30.2 Å². The fraction of sp³-hybridized carbons (Fsp3) is 0.233. The Morgan fingerprint density at radius 3 is 2.47 bits per heavy atom. The molecule has 0 spiro atoms. The molecule has 194 valence electrons. The summed E-state index contributed by atoms with van der Waals surface area (Å²) in [4.78, 5) is 19.5. The molecule has 2 aromatic heterocycles. The number of halogens is 1. The Labute approximate surface area is 227 Å². The van der Waals surface area contributed by atoms with Crippen LogP contribution in [0.1, 0.15) is 46.7 Å². The zero-order valence-corrected chi connectivity index (χ0v) is 22.4. The predicted molar refractivity (Wildman–Crippen MR) is 152 cm³/mol. The standard InChI is InChI=1S/C30H30FN5OS/c1-19-7-13-24(14-8-19)36-20(2)18-25(21(36)3)29-28(26-6-4-5-16-32-26)34-30(38)35(29)17-15-27(37)33-23-11-9-22(31)10-12-23/h4-14,16,18,28-29H,15,17H2,1-3H3,(H,33,37)(H,34,38)/t28-,29-/m0/s1. The van der Waals surface area contributed by atoms with E-state index in [2.05, 4.69) is 76.2 Å². The number of anilines is 1. The zero-order valence-electron chi connectivity index (χ0n) is 21.6. The molecule has 1 aliphatic rings. The van der Waals surface area contributed by atoms with Gasteiger partial charge in [-0.25, -0.2) is 4.39 Å². The van der Waals surface area contributed by atoms with E-state index >= 15 is 0 Å². The van der Waals surface area contributed by atoms with E-state index in [1.165, 1.54) is 17.7 Å². The Balaban J connectivity index is 1.46. The Morgan fingerprint density at radius 1 is 1.05 bits per heavy atom. The van der Waals surface area contributed by atoms with Crippen molar-refractivity contribution in [3.05, 3.63) is 113 Å². The lowest BCUT2D eigenvalue weighted by Gasteiger charge is -2.28. The number of nitrogens with zero attached hydrogens (tertiary/aromatic N) is 3. The van der Waals surface area contributed by atoms with Crippen molar-refractivity contribution in [2.45, 2.75) is 39.3 Å². The highest BCUT2D eigenvalue weighted by Gasteiger charge is 2.41. The molecular weight excluding hydrogens is 497 g/mol. The molecule has 5 rings (SSSR count). The second kappa shape index (κ2) is 10.8. The molecule has 38 heavy (non-hydrogen) atoms. The van der Waals surface area contributed by atoms with Crippen LogP contribution < -0.4 is 10.6 Å². The fourth-order valence-electron chi connectivity index (χ4n) is 5.14. The first kappa shape index (κ1) is 25.6. The van der Waals surface area contributed by atoms with E-state index in [1.807, 2.05) is 18.2 Å². The van der Waals surface area contributed by atoms with Crippen molar-refractivity contribution in [2.75, 3.05) is 11.9 Å². The molecule has 4 aromatic rings. The van der Waals surface area contributed by atoms with Gasteiger partial charge >= 0.3 is 0 Å². The van der Waals surface area contributed by atoms with Crippen LogP contribution in [0.5, 0.6) is 0 Å². The Hall–Kier alpha value is -4.04. The maximum absolute atomic E-state index is 13.2. The fourth-order valence-corrected chi connectivity index (χ4v) is 5.47. The lowest BCUT2D eigenvalue weighted by molar-refractivity contribution is -0.116. The van der Waals surface area contributed by atoms with Crippen LogP contribution in [0.25, 0.3) is 5.69 Å². The van der Waals surface area contributed by atoms with Crippen molar-refractivity contribution in [1.82, 2.24) is 19.8 Å². The third-order valence-electron chi connectivity index (χ3n) is 6.99. The number of carbonyl (C=O) groups is 1. The highest BCUT2D eigenvalue weighted by atomic mass is 32.1. The molecule has 0 unspecified atom stereocenters. The maximum Gasteiger partial charge on any atom is 0.226 e. The van der Waals surface area contributed by atoms with E-state index in [0.29, 0.717) is 17.3 Å². The van der Waals surface area contributed by atoms with Gasteiger partial charge in [0.1, 0.15) is 5.82 Å². The number of hydrogen-bond donors (Lipinski definition) is 2. The average molecular weight is 528 g/mol. The number of rotatable bonds is 7. The molecule has 1 fully saturated rings. The van der Waals surface area contributed by atoms with Gasteiger partial charge in [-0.2, -0.15) is 0 Å². The third-order valence-corrected chi connectivity index (χ3v) is 7.34. The van der Waals surface area contributed by atoms with Crippen molar-refractivity contribution >= 4 is 28.9 Å². The minimum absolute atomic E-state index is 0.151. The van der Waals surface area contributed by atoms with Gasteiger partial charge < -0.3 is 20.1 Å². The topological polar surface area (TPSA) is 62.2 Å². The van der Waals surface area contributed by atoms with Crippen LogP contribution in [0.2, 0.25) is 0 Å². The van der Waals surface area contributed by atoms with Crippen molar-refractivity contribution in [3.63, 3.8) is 0 Å². The van der Waals surface area contributed by atoms with Crippen molar-refractivity contribution < 1.29 is 9.18 Å². The quantitative estimate of drug-likeness (QED) is 0.292. The smallest absolute Gasteiger partial charge is 0.226 e. The van der Waals surface area contributed by atoms with Gasteiger partial charge in [0, 0.05) is 41.9 Å². The third kappa shape index (κ3) is 5.17. The summed E-state index contributed by atoms with van der Waals surface area (Å²) in [6, 6.07) is 22.0. The molecular formula is C30H30FN5OS. The number of hydrogen-bond acceptors (Lipinski definition) is 3. The van der Waals surface area contributed by atoms with E-state index in [1.54, 1.807) is 18.3 Å². The Morgan fingerprint density at radius 2 is 1.79 bits per heavy atom. The van der Waals surface area contributed by atoms with Gasteiger partial charge in [-0.15, -0.1) is 0 Å². The number of pyridine rings is 1. The van der Waals surface area contributed by atoms with Gasteiger partial charge in [-0.05, 0) is 93.1 Å². The van der Waals surface area contributed by atoms with Crippen LogP contribution >= 0.6 is 12.2 Å². The summed E-state index contributed by atoms with van der Waals surface area (Å²) < 4.78 is 15.5. The average Bonchev–Trinajstić information content (AvgIpc) is 3.39. The lowest BCUT2D eigenvalue weighted by Crippen LogP contribution is -2.32. The Bertz CT molecular complexity index is 1450. The van der Waals surface area contributed by atoms with Crippen molar-refractivity contribution in [2.24, 2.45) is 0 Å². The molecule has 2 aromatic carbocycles. The van der Waals surface area contributed by atoms with Gasteiger partial charge in [0.25, 0.3) is 0 Å². The number of carbonyl (C=O) groups excluding carboxylic acids is 1. The largest absolute Gasteiger partial charge is 0.352 e. The molecule has 8 heteroatoms. The SMILES string of the molecule is Cc1ccc(-n2c(C)cc([C@H]3[C@H](c4ccccn4)NC(=S)N3CCC(=O)Nc3ccc(F)cc3)c2C)cc1.